The smallest absolute Gasteiger partial charge is 0.322 e. The number of carbonyl (C=O) groups is 2. The lowest BCUT2D eigenvalue weighted by molar-refractivity contribution is -0.145. The largest absolute Gasteiger partial charge is 0.481 e. The maximum Gasteiger partial charge on any atom is 0.322 e. The van der Waals surface area contributed by atoms with Gasteiger partial charge in [-0.1, -0.05) is 11.6 Å². The highest BCUT2D eigenvalue weighted by atomic mass is 35.5. The zero-order chi connectivity index (χ0) is 14.6. The average Bonchev–Trinajstić information content (AvgIpc) is 2.27. The van der Waals surface area contributed by atoms with Crippen LogP contribution in [0.1, 0.15) is 6.42 Å². The van der Waals surface area contributed by atoms with Crippen LogP contribution in [0.2, 0.25) is 5.02 Å². The highest BCUT2D eigenvalue weighted by Crippen LogP contribution is 2.14. The Hall–Kier alpha value is -1.64. The summed E-state index contributed by atoms with van der Waals surface area (Å²) < 4.78 is 25.5. The minimum Gasteiger partial charge on any atom is -0.481 e. The number of carboxylic acids is 2. The van der Waals surface area contributed by atoms with Crippen molar-refractivity contribution >= 4 is 33.6 Å². The van der Waals surface area contributed by atoms with E-state index in [1.165, 1.54) is 24.3 Å². The van der Waals surface area contributed by atoms with Crippen molar-refractivity contribution in [1.82, 2.24) is 4.72 Å². The van der Waals surface area contributed by atoms with Gasteiger partial charge in [0.1, 0.15) is 6.04 Å². The molecule has 0 bridgehead atoms. The number of aliphatic carboxylic acids is 2. The van der Waals surface area contributed by atoms with E-state index in [2.05, 4.69) is 0 Å². The first-order valence-corrected chi connectivity index (χ1v) is 6.81. The second kappa shape index (κ2) is 6.00. The molecule has 7 nitrogen and oxygen atoms in total. The molecule has 1 aromatic carbocycles. The van der Waals surface area contributed by atoms with Gasteiger partial charge in [-0.2, -0.15) is 4.72 Å². The molecule has 0 amide bonds. The first-order valence-electron chi connectivity index (χ1n) is 4.95. The Bertz CT molecular complexity index is 583. The lowest BCUT2D eigenvalue weighted by Gasteiger charge is -2.12. The summed E-state index contributed by atoms with van der Waals surface area (Å²) in [5, 5.41) is 17.6. The van der Waals surface area contributed by atoms with Gasteiger partial charge in [0.05, 0.1) is 11.3 Å². The second-order valence-corrected chi connectivity index (χ2v) is 5.71. The first kappa shape index (κ1) is 15.4. The zero-order valence-electron chi connectivity index (χ0n) is 9.41. The van der Waals surface area contributed by atoms with Crippen molar-refractivity contribution in [3.8, 4) is 0 Å². The van der Waals surface area contributed by atoms with Gasteiger partial charge in [0.25, 0.3) is 0 Å². The van der Waals surface area contributed by atoms with Gasteiger partial charge >= 0.3 is 11.9 Å². The summed E-state index contributed by atoms with van der Waals surface area (Å²) in [6.45, 7) is 0. The first-order chi connectivity index (χ1) is 8.72. The summed E-state index contributed by atoms with van der Waals surface area (Å²) in [7, 11) is -4.12. The van der Waals surface area contributed by atoms with Gasteiger partial charge in [-0.3, -0.25) is 9.59 Å². The molecule has 0 aliphatic heterocycles. The van der Waals surface area contributed by atoms with Gasteiger partial charge in [-0.15, -0.1) is 0 Å². The van der Waals surface area contributed by atoms with E-state index in [1.807, 2.05) is 4.72 Å². The van der Waals surface area contributed by atoms with Crippen LogP contribution in [0.4, 0.5) is 0 Å². The van der Waals surface area contributed by atoms with Crippen molar-refractivity contribution in [2.75, 3.05) is 0 Å². The van der Waals surface area contributed by atoms with Crippen LogP contribution in [0, 0.1) is 0 Å². The molecule has 104 valence electrons. The second-order valence-electron chi connectivity index (χ2n) is 3.56. The van der Waals surface area contributed by atoms with Gasteiger partial charge in [0.2, 0.25) is 10.0 Å². The van der Waals surface area contributed by atoms with Crippen molar-refractivity contribution in [3.05, 3.63) is 29.3 Å². The quantitative estimate of drug-likeness (QED) is 0.705. The molecule has 0 saturated carbocycles. The summed E-state index contributed by atoms with van der Waals surface area (Å²) in [5.74, 6) is -2.99. The van der Waals surface area contributed by atoms with Crippen LogP contribution in [-0.4, -0.2) is 36.6 Å². The number of halogens is 1. The Labute approximate surface area is 113 Å². The van der Waals surface area contributed by atoms with Crippen molar-refractivity contribution in [3.63, 3.8) is 0 Å². The molecular formula is C10H10ClNO6S. The van der Waals surface area contributed by atoms with Gasteiger partial charge in [-0.05, 0) is 24.3 Å². The summed E-state index contributed by atoms with van der Waals surface area (Å²) >= 11 is 5.60. The van der Waals surface area contributed by atoms with E-state index in [1.54, 1.807) is 0 Å². The summed E-state index contributed by atoms with van der Waals surface area (Å²) in [6, 6.07) is 3.28. The van der Waals surface area contributed by atoms with Gasteiger partial charge in [0.15, 0.2) is 0 Å². The molecule has 3 N–H and O–H groups in total. The zero-order valence-corrected chi connectivity index (χ0v) is 11.0. The van der Waals surface area contributed by atoms with Crippen LogP contribution in [0.3, 0.4) is 0 Å². The molecule has 0 radical (unpaired) electrons. The van der Waals surface area contributed by atoms with Crippen LogP contribution >= 0.6 is 11.6 Å². The fourth-order valence-electron chi connectivity index (χ4n) is 1.22. The highest BCUT2D eigenvalue weighted by Gasteiger charge is 2.27. The fourth-order valence-corrected chi connectivity index (χ4v) is 2.54. The Kier molecular flexibility index (Phi) is 4.87. The third-order valence-electron chi connectivity index (χ3n) is 2.10. The molecular weight excluding hydrogens is 298 g/mol. The predicted molar refractivity (Wildman–Crippen MR) is 65.5 cm³/mol. The van der Waals surface area contributed by atoms with Crippen LogP contribution in [0.5, 0.6) is 0 Å². The molecule has 0 saturated heterocycles. The molecule has 0 heterocycles. The van der Waals surface area contributed by atoms with Gasteiger partial charge < -0.3 is 10.2 Å². The minimum absolute atomic E-state index is 0.200. The predicted octanol–water partition coefficient (Wildman–Crippen LogP) is 0.546. The molecule has 1 rings (SSSR count). The van der Waals surface area contributed by atoms with E-state index in [0.29, 0.717) is 5.02 Å². The van der Waals surface area contributed by atoms with E-state index < -0.39 is 34.4 Å². The Morgan fingerprint density at radius 1 is 1.21 bits per heavy atom. The molecule has 1 unspecified atom stereocenters. The highest BCUT2D eigenvalue weighted by molar-refractivity contribution is 7.89. The Balaban J connectivity index is 2.97. The molecule has 0 aliphatic carbocycles. The molecule has 0 aliphatic rings. The third kappa shape index (κ3) is 4.51. The summed E-state index contributed by atoms with van der Waals surface area (Å²) in [6.07, 6.45) is -0.859. The van der Waals surface area contributed by atoms with Crippen molar-refractivity contribution in [2.24, 2.45) is 0 Å². The van der Waals surface area contributed by atoms with Crippen LogP contribution in [0.25, 0.3) is 0 Å². The molecule has 1 atom stereocenters. The SMILES string of the molecule is O=C(O)CC(NS(=O)(=O)c1ccc(Cl)cc1)C(=O)O. The Morgan fingerprint density at radius 3 is 2.16 bits per heavy atom. The number of nitrogens with one attached hydrogen (secondary N) is 1. The van der Waals surface area contributed by atoms with Gasteiger partial charge in [-0.25, -0.2) is 8.42 Å². The number of carboxylic acid groups (broad SMARTS) is 2. The van der Waals surface area contributed by atoms with Crippen molar-refractivity contribution in [2.45, 2.75) is 17.4 Å². The molecule has 9 heteroatoms. The van der Waals surface area contributed by atoms with E-state index in [4.69, 9.17) is 21.8 Å². The third-order valence-corrected chi connectivity index (χ3v) is 3.84. The number of rotatable bonds is 6. The Morgan fingerprint density at radius 2 is 1.74 bits per heavy atom. The summed E-state index contributed by atoms with van der Waals surface area (Å²) in [4.78, 5) is 21.1. The van der Waals surface area contributed by atoms with E-state index in [-0.39, 0.29) is 4.90 Å². The maximum absolute atomic E-state index is 11.8. The molecule has 0 spiro atoms. The van der Waals surface area contributed by atoms with Gasteiger partial charge in [0, 0.05) is 5.02 Å². The van der Waals surface area contributed by atoms with E-state index >= 15 is 0 Å². The normalized spacial score (nSPS) is 12.9. The van der Waals surface area contributed by atoms with Crippen molar-refractivity contribution in [1.29, 1.82) is 0 Å². The maximum atomic E-state index is 11.8. The monoisotopic (exact) mass is 307 g/mol. The number of hydrogen-bond acceptors (Lipinski definition) is 4. The molecule has 19 heavy (non-hydrogen) atoms. The minimum atomic E-state index is -4.12. The summed E-state index contributed by atoms with van der Waals surface area (Å²) in [5.41, 5.74) is 0. The average molecular weight is 308 g/mol. The fraction of sp³-hybridized carbons (Fsp3) is 0.200. The number of hydrogen-bond donors (Lipinski definition) is 3. The van der Waals surface area contributed by atoms with Crippen LogP contribution in [0.15, 0.2) is 29.2 Å². The van der Waals surface area contributed by atoms with Crippen LogP contribution in [-0.2, 0) is 19.6 Å². The lowest BCUT2D eigenvalue weighted by atomic mass is 10.2. The topological polar surface area (TPSA) is 121 Å². The standard InChI is InChI=1S/C10H10ClNO6S/c11-6-1-3-7(4-2-6)19(17,18)12-8(10(15)16)5-9(13)14/h1-4,8,12H,5H2,(H,13,14)(H,15,16). The van der Waals surface area contributed by atoms with Crippen LogP contribution < -0.4 is 4.72 Å². The van der Waals surface area contributed by atoms with E-state index in [9.17, 15) is 18.0 Å². The van der Waals surface area contributed by atoms with E-state index in [0.717, 1.165) is 0 Å². The van der Waals surface area contributed by atoms with Crippen molar-refractivity contribution < 1.29 is 28.2 Å². The molecule has 1 aromatic rings. The number of sulfonamides is 1. The molecule has 0 fully saturated rings. The molecule has 0 aromatic heterocycles. The number of benzene rings is 1. The lowest BCUT2D eigenvalue weighted by Crippen LogP contribution is -2.42.